The average Bonchev–Trinajstić information content (AvgIpc) is 2.80. The largest absolute Gasteiger partial charge is 0.312 e. The quantitative estimate of drug-likeness (QED) is 0.735. The van der Waals surface area contributed by atoms with Gasteiger partial charge in [-0.3, -0.25) is 4.90 Å². The summed E-state index contributed by atoms with van der Waals surface area (Å²) >= 11 is 0. The van der Waals surface area contributed by atoms with Crippen molar-refractivity contribution in [1.29, 1.82) is 0 Å². The van der Waals surface area contributed by atoms with Crippen molar-refractivity contribution in [2.45, 2.75) is 71.9 Å². The maximum Gasteiger partial charge on any atom is 0.0331 e. The summed E-state index contributed by atoms with van der Waals surface area (Å²) in [5, 5.41) is 3.74. The lowest BCUT2D eigenvalue weighted by atomic mass is 9.82. The van der Waals surface area contributed by atoms with Crippen LogP contribution in [0.1, 0.15) is 60.3 Å². The third-order valence-corrected chi connectivity index (χ3v) is 4.45. The summed E-state index contributed by atoms with van der Waals surface area (Å²) in [6.45, 7) is 15.4. The van der Waals surface area contributed by atoms with Gasteiger partial charge in [-0.2, -0.15) is 0 Å². The van der Waals surface area contributed by atoms with Crippen LogP contribution >= 0.6 is 0 Å². The Morgan fingerprint density at radius 2 is 1.76 bits per heavy atom. The van der Waals surface area contributed by atoms with Crippen LogP contribution in [-0.2, 0) is 0 Å². The fourth-order valence-corrected chi connectivity index (χ4v) is 3.19. The number of hydrogen-bond donors (Lipinski definition) is 1. The zero-order chi connectivity index (χ0) is 12.9. The monoisotopic (exact) mass is 240 g/mol. The van der Waals surface area contributed by atoms with E-state index in [0.29, 0.717) is 11.6 Å². The van der Waals surface area contributed by atoms with Crippen molar-refractivity contribution in [2.75, 3.05) is 19.6 Å². The average molecular weight is 240 g/mol. The molecule has 0 aromatic rings. The maximum atomic E-state index is 3.74. The van der Waals surface area contributed by atoms with E-state index < -0.39 is 0 Å². The lowest BCUT2D eigenvalue weighted by molar-refractivity contribution is 0.0755. The molecule has 1 fully saturated rings. The van der Waals surface area contributed by atoms with Gasteiger partial charge in [0.05, 0.1) is 0 Å². The van der Waals surface area contributed by atoms with E-state index in [-0.39, 0.29) is 0 Å². The molecule has 0 spiro atoms. The molecule has 0 aliphatic carbocycles. The van der Waals surface area contributed by atoms with E-state index in [2.05, 4.69) is 44.8 Å². The molecule has 17 heavy (non-hydrogen) atoms. The van der Waals surface area contributed by atoms with Crippen LogP contribution in [0.25, 0.3) is 0 Å². The van der Waals surface area contributed by atoms with Crippen LogP contribution < -0.4 is 5.32 Å². The molecule has 2 heteroatoms. The lowest BCUT2D eigenvalue weighted by Crippen LogP contribution is -2.58. The molecule has 2 nitrogen and oxygen atoms in total. The van der Waals surface area contributed by atoms with Crippen LogP contribution in [0.2, 0.25) is 0 Å². The Morgan fingerprint density at radius 3 is 2.18 bits per heavy atom. The van der Waals surface area contributed by atoms with Gasteiger partial charge in [-0.15, -0.1) is 0 Å². The highest BCUT2D eigenvalue weighted by molar-refractivity contribution is 4.98. The van der Waals surface area contributed by atoms with Crippen molar-refractivity contribution in [3.63, 3.8) is 0 Å². The highest BCUT2D eigenvalue weighted by Gasteiger charge is 2.38. The van der Waals surface area contributed by atoms with Crippen molar-refractivity contribution in [2.24, 2.45) is 5.92 Å². The number of likely N-dealkylation sites (N-methyl/N-ethyl adjacent to an activating group) is 1. The van der Waals surface area contributed by atoms with Gasteiger partial charge in [0.15, 0.2) is 0 Å². The van der Waals surface area contributed by atoms with Crippen LogP contribution in [0.3, 0.4) is 0 Å². The first kappa shape index (κ1) is 15.0. The number of hydrogen-bond acceptors (Lipinski definition) is 2. The number of likely N-dealkylation sites (tertiary alicyclic amines) is 1. The minimum absolute atomic E-state index is 0.344. The number of nitrogens with one attached hydrogen (secondary N) is 1. The topological polar surface area (TPSA) is 15.3 Å². The maximum absolute atomic E-state index is 3.74. The van der Waals surface area contributed by atoms with E-state index in [9.17, 15) is 0 Å². The van der Waals surface area contributed by atoms with Crippen LogP contribution in [-0.4, -0.2) is 36.1 Å². The molecule has 1 aliphatic heterocycles. The highest BCUT2D eigenvalue weighted by Crippen LogP contribution is 2.30. The second-order valence-corrected chi connectivity index (χ2v) is 6.14. The van der Waals surface area contributed by atoms with Gasteiger partial charge in [0.1, 0.15) is 0 Å². The molecule has 0 aromatic heterocycles. The van der Waals surface area contributed by atoms with Crippen molar-refractivity contribution < 1.29 is 0 Å². The van der Waals surface area contributed by atoms with Crippen molar-refractivity contribution in [3.8, 4) is 0 Å². The molecule has 0 bridgehead atoms. The Morgan fingerprint density at radius 1 is 1.18 bits per heavy atom. The zero-order valence-electron chi connectivity index (χ0n) is 12.6. The smallest absolute Gasteiger partial charge is 0.0331 e. The first-order valence-electron chi connectivity index (χ1n) is 7.53. The number of rotatable bonds is 7. The van der Waals surface area contributed by atoms with Crippen molar-refractivity contribution in [3.05, 3.63) is 0 Å². The van der Waals surface area contributed by atoms with Crippen LogP contribution in [0.5, 0.6) is 0 Å². The number of nitrogens with zero attached hydrogens (tertiary/aromatic N) is 1. The second-order valence-electron chi connectivity index (χ2n) is 6.14. The summed E-state index contributed by atoms with van der Waals surface area (Å²) in [7, 11) is 0. The van der Waals surface area contributed by atoms with Crippen LogP contribution in [0.4, 0.5) is 0 Å². The fraction of sp³-hybridized carbons (Fsp3) is 1.00. The van der Waals surface area contributed by atoms with Crippen LogP contribution in [0.15, 0.2) is 0 Å². The summed E-state index contributed by atoms with van der Waals surface area (Å²) in [6.07, 6.45) is 5.30. The third-order valence-electron chi connectivity index (χ3n) is 4.45. The van der Waals surface area contributed by atoms with Gasteiger partial charge in [0, 0.05) is 11.6 Å². The van der Waals surface area contributed by atoms with E-state index in [4.69, 9.17) is 0 Å². The Kier molecular flexibility index (Phi) is 5.94. The third kappa shape index (κ3) is 3.69. The van der Waals surface area contributed by atoms with Gasteiger partial charge < -0.3 is 5.32 Å². The first-order valence-corrected chi connectivity index (χ1v) is 7.53. The predicted molar refractivity (Wildman–Crippen MR) is 76.4 cm³/mol. The molecule has 0 aromatic carbocycles. The van der Waals surface area contributed by atoms with E-state index >= 15 is 0 Å². The van der Waals surface area contributed by atoms with Gasteiger partial charge in [-0.05, 0) is 58.2 Å². The molecule has 1 rings (SSSR count). The van der Waals surface area contributed by atoms with Crippen molar-refractivity contribution >= 4 is 0 Å². The fourth-order valence-electron chi connectivity index (χ4n) is 3.19. The molecule has 2 atom stereocenters. The van der Waals surface area contributed by atoms with Gasteiger partial charge >= 0.3 is 0 Å². The molecule has 1 aliphatic rings. The summed E-state index contributed by atoms with van der Waals surface area (Å²) in [5.41, 5.74) is 0.344. The molecule has 1 saturated heterocycles. The molecule has 1 N–H and O–H groups in total. The van der Waals surface area contributed by atoms with Gasteiger partial charge in [0.2, 0.25) is 0 Å². The van der Waals surface area contributed by atoms with Gasteiger partial charge in [-0.25, -0.2) is 0 Å². The SMILES string of the molecule is CCNC(CC(C)C)C(C)(CC)N1CCCC1. The van der Waals surface area contributed by atoms with E-state index in [0.717, 1.165) is 12.5 Å². The molecule has 0 saturated carbocycles. The second kappa shape index (κ2) is 6.75. The molecule has 1 heterocycles. The summed E-state index contributed by atoms with van der Waals surface area (Å²) < 4.78 is 0. The molecular weight excluding hydrogens is 208 g/mol. The van der Waals surface area contributed by atoms with Gasteiger partial charge in [0.25, 0.3) is 0 Å². The standard InChI is InChI=1S/C15H32N2/c1-6-15(5,17-10-8-9-11-17)14(16-7-2)12-13(3)4/h13-14,16H,6-12H2,1-5H3. The minimum Gasteiger partial charge on any atom is -0.312 e. The normalized spacial score (nSPS) is 22.9. The Labute approximate surface area is 108 Å². The molecule has 0 amide bonds. The summed E-state index contributed by atoms with van der Waals surface area (Å²) in [6, 6.07) is 0.635. The lowest BCUT2D eigenvalue weighted by Gasteiger charge is -2.45. The first-order chi connectivity index (χ1) is 8.04. The van der Waals surface area contributed by atoms with Crippen molar-refractivity contribution in [1.82, 2.24) is 10.2 Å². The predicted octanol–water partition coefficient (Wildman–Crippen LogP) is 3.28. The molecule has 2 unspecified atom stereocenters. The van der Waals surface area contributed by atoms with Gasteiger partial charge in [-0.1, -0.05) is 27.7 Å². The summed E-state index contributed by atoms with van der Waals surface area (Å²) in [4.78, 5) is 2.72. The zero-order valence-corrected chi connectivity index (χ0v) is 12.6. The Hall–Kier alpha value is -0.0800. The molecule has 0 radical (unpaired) electrons. The summed E-state index contributed by atoms with van der Waals surface area (Å²) in [5.74, 6) is 0.771. The van der Waals surface area contributed by atoms with E-state index in [1.807, 2.05) is 0 Å². The highest BCUT2D eigenvalue weighted by atomic mass is 15.2. The van der Waals surface area contributed by atoms with E-state index in [1.165, 1.54) is 38.8 Å². The molecular formula is C15H32N2. The Bertz CT molecular complexity index is 209. The molecule has 102 valence electrons. The van der Waals surface area contributed by atoms with E-state index in [1.54, 1.807) is 0 Å². The minimum atomic E-state index is 0.344. The van der Waals surface area contributed by atoms with Crippen LogP contribution in [0, 0.1) is 5.92 Å². The Balaban J connectivity index is 2.76.